The molecule has 33 heavy (non-hydrogen) atoms. The van der Waals surface area contributed by atoms with E-state index in [4.69, 9.17) is 9.47 Å². The van der Waals surface area contributed by atoms with Crippen molar-refractivity contribution in [1.82, 2.24) is 4.31 Å². The molecule has 2 amide bonds. The first-order chi connectivity index (χ1) is 15.7. The van der Waals surface area contributed by atoms with Gasteiger partial charge in [0.05, 0.1) is 23.4 Å². The molecule has 2 aliphatic rings. The van der Waals surface area contributed by atoms with Gasteiger partial charge in [-0.2, -0.15) is 4.31 Å². The fourth-order valence-corrected chi connectivity index (χ4v) is 5.51. The Kier molecular flexibility index (Phi) is 6.31. The largest absolute Gasteiger partial charge is 0.495 e. The van der Waals surface area contributed by atoms with Gasteiger partial charge in [0, 0.05) is 19.0 Å². The van der Waals surface area contributed by atoms with E-state index in [1.807, 2.05) is 19.1 Å². The number of piperidine rings is 1. The number of carbonyl (C=O) groups excluding carboxylic acids is 2. The highest BCUT2D eigenvalue weighted by atomic mass is 32.2. The highest BCUT2D eigenvalue weighted by Crippen LogP contribution is 2.34. The maximum absolute atomic E-state index is 13.2. The number of sulfonamides is 1. The molecule has 9 nitrogen and oxygen atoms in total. The Morgan fingerprint density at radius 3 is 2.61 bits per heavy atom. The summed E-state index contributed by atoms with van der Waals surface area (Å²) in [5.41, 5.74) is 1.93. The number of ether oxygens (including phenoxy) is 2. The molecular formula is C23H27N3O6S. The summed E-state index contributed by atoms with van der Waals surface area (Å²) >= 11 is 0. The van der Waals surface area contributed by atoms with Gasteiger partial charge < -0.3 is 20.1 Å². The van der Waals surface area contributed by atoms with E-state index in [1.54, 1.807) is 26.2 Å². The molecule has 1 saturated heterocycles. The number of nitrogens with zero attached hydrogens (tertiary/aromatic N) is 1. The van der Waals surface area contributed by atoms with E-state index in [0.29, 0.717) is 35.7 Å². The average Bonchev–Trinajstić information content (AvgIpc) is 2.79. The van der Waals surface area contributed by atoms with Crippen LogP contribution < -0.4 is 20.1 Å². The maximum Gasteiger partial charge on any atom is 0.265 e. The topological polar surface area (TPSA) is 114 Å². The number of benzene rings is 2. The van der Waals surface area contributed by atoms with E-state index < -0.39 is 16.1 Å². The van der Waals surface area contributed by atoms with Crippen LogP contribution in [-0.2, 0) is 19.6 Å². The summed E-state index contributed by atoms with van der Waals surface area (Å²) in [5, 5.41) is 5.59. The van der Waals surface area contributed by atoms with E-state index in [-0.39, 0.29) is 35.7 Å². The molecule has 2 aromatic rings. The minimum Gasteiger partial charge on any atom is -0.495 e. The third-order valence-corrected chi connectivity index (χ3v) is 7.85. The van der Waals surface area contributed by atoms with E-state index in [0.717, 1.165) is 5.56 Å². The molecule has 10 heteroatoms. The molecule has 2 aromatic carbocycles. The molecule has 1 fully saturated rings. The molecule has 2 N–H and O–H groups in total. The lowest BCUT2D eigenvalue weighted by molar-refractivity contribution is -0.123. The average molecular weight is 474 g/mol. The van der Waals surface area contributed by atoms with Crippen LogP contribution in [0.1, 0.15) is 25.3 Å². The molecule has 0 bridgehead atoms. The molecule has 1 atom stereocenters. The highest BCUT2D eigenvalue weighted by molar-refractivity contribution is 7.89. The van der Waals surface area contributed by atoms with Gasteiger partial charge in [-0.25, -0.2) is 8.42 Å². The molecule has 2 heterocycles. The van der Waals surface area contributed by atoms with Gasteiger partial charge >= 0.3 is 0 Å². The first-order valence-corrected chi connectivity index (χ1v) is 12.2. The molecule has 0 saturated carbocycles. The second-order valence-corrected chi connectivity index (χ2v) is 10.2. The highest BCUT2D eigenvalue weighted by Gasteiger charge is 2.33. The van der Waals surface area contributed by atoms with Crippen molar-refractivity contribution in [3.8, 4) is 11.5 Å². The number of carbonyl (C=O) groups is 2. The van der Waals surface area contributed by atoms with Gasteiger partial charge in [-0.15, -0.1) is 0 Å². The molecule has 176 valence electrons. The fourth-order valence-electron chi connectivity index (χ4n) is 4.01. The van der Waals surface area contributed by atoms with Crippen molar-refractivity contribution in [1.29, 1.82) is 0 Å². The zero-order valence-electron chi connectivity index (χ0n) is 18.8. The number of methoxy groups -OCH3 is 1. The Balaban J connectivity index is 1.42. The van der Waals surface area contributed by atoms with E-state index in [1.165, 1.54) is 16.4 Å². The van der Waals surface area contributed by atoms with E-state index in [9.17, 15) is 18.0 Å². The summed E-state index contributed by atoms with van der Waals surface area (Å²) in [7, 11) is -2.23. The third kappa shape index (κ3) is 4.67. The molecule has 0 radical (unpaired) electrons. The van der Waals surface area contributed by atoms with Crippen LogP contribution in [0, 0.1) is 12.8 Å². The Morgan fingerprint density at radius 2 is 1.91 bits per heavy atom. The lowest BCUT2D eigenvalue weighted by Crippen LogP contribution is -2.41. The number of anilines is 2. The number of fused-ring (bicyclic) bond motifs is 1. The number of nitrogens with one attached hydrogen (secondary N) is 2. The van der Waals surface area contributed by atoms with Crippen molar-refractivity contribution >= 4 is 33.2 Å². The van der Waals surface area contributed by atoms with Gasteiger partial charge in [0.2, 0.25) is 15.9 Å². The molecule has 0 aliphatic carbocycles. The molecule has 2 aliphatic heterocycles. The standard InChI is InChI=1S/C23H27N3O6S/c1-14-4-6-20(31-3)18(12-14)25-23(28)16-8-10-26(11-9-16)33(29,30)17-5-7-21-19(13-17)24-22(27)15(2)32-21/h4-7,12-13,15-16H,8-11H2,1-3H3,(H,24,27)(H,25,28)/t15-/m1/s1. The van der Waals surface area contributed by atoms with Crippen LogP contribution in [0.15, 0.2) is 41.3 Å². The second-order valence-electron chi connectivity index (χ2n) is 8.28. The first kappa shape index (κ1) is 23.1. The number of amides is 2. The van der Waals surface area contributed by atoms with Crippen molar-refractivity contribution in [2.75, 3.05) is 30.8 Å². The first-order valence-electron chi connectivity index (χ1n) is 10.8. The Hall–Kier alpha value is -3.11. The third-order valence-electron chi connectivity index (χ3n) is 5.96. The van der Waals surface area contributed by atoms with Gasteiger partial charge in [0.15, 0.2) is 6.10 Å². The summed E-state index contributed by atoms with van der Waals surface area (Å²) in [5.74, 6) is 0.224. The van der Waals surface area contributed by atoms with E-state index >= 15 is 0 Å². The van der Waals surface area contributed by atoms with Crippen molar-refractivity contribution in [3.05, 3.63) is 42.0 Å². The van der Waals surface area contributed by atoms with Crippen LogP contribution in [0.5, 0.6) is 11.5 Å². The summed E-state index contributed by atoms with van der Waals surface area (Å²) in [4.78, 5) is 24.7. The SMILES string of the molecule is COc1ccc(C)cc1NC(=O)C1CCN(S(=O)(=O)c2ccc3c(c2)NC(=O)[C@@H](C)O3)CC1. The lowest BCUT2D eigenvalue weighted by Gasteiger charge is -2.31. The summed E-state index contributed by atoms with van der Waals surface area (Å²) < 4.78 is 38.5. The molecule has 0 spiro atoms. The van der Waals surface area contributed by atoms with Crippen LogP contribution in [-0.4, -0.2) is 50.8 Å². The van der Waals surface area contributed by atoms with Crippen molar-refractivity contribution in [2.24, 2.45) is 5.92 Å². The molecule has 4 rings (SSSR count). The van der Waals surface area contributed by atoms with Gasteiger partial charge in [-0.1, -0.05) is 6.07 Å². The second kappa shape index (κ2) is 9.03. The van der Waals surface area contributed by atoms with Crippen LogP contribution in [0.4, 0.5) is 11.4 Å². The van der Waals surface area contributed by atoms with Crippen molar-refractivity contribution < 1.29 is 27.5 Å². The van der Waals surface area contributed by atoms with Crippen LogP contribution in [0.25, 0.3) is 0 Å². The number of aryl methyl sites for hydroxylation is 1. The zero-order chi connectivity index (χ0) is 23.8. The van der Waals surface area contributed by atoms with Gasteiger partial charge in [-0.05, 0) is 62.6 Å². The number of rotatable bonds is 5. The monoisotopic (exact) mass is 473 g/mol. The Labute approximate surface area is 193 Å². The Morgan fingerprint density at radius 1 is 1.18 bits per heavy atom. The van der Waals surface area contributed by atoms with Gasteiger partial charge in [0.1, 0.15) is 11.5 Å². The van der Waals surface area contributed by atoms with Crippen molar-refractivity contribution in [2.45, 2.75) is 37.7 Å². The van der Waals surface area contributed by atoms with Crippen LogP contribution >= 0.6 is 0 Å². The minimum atomic E-state index is -3.78. The molecule has 0 unspecified atom stereocenters. The van der Waals surface area contributed by atoms with Crippen LogP contribution in [0.2, 0.25) is 0 Å². The fraction of sp³-hybridized carbons (Fsp3) is 0.391. The normalized spacial score (nSPS) is 19.2. The Bertz CT molecular complexity index is 1190. The van der Waals surface area contributed by atoms with Crippen LogP contribution in [0.3, 0.4) is 0 Å². The zero-order valence-corrected chi connectivity index (χ0v) is 19.6. The summed E-state index contributed by atoms with van der Waals surface area (Å²) in [6.45, 7) is 4.00. The minimum absolute atomic E-state index is 0.0760. The van der Waals surface area contributed by atoms with Gasteiger partial charge in [-0.3, -0.25) is 9.59 Å². The maximum atomic E-state index is 13.2. The number of hydrogen-bond donors (Lipinski definition) is 2. The van der Waals surface area contributed by atoms with Gasteiger partial charge in [0.25, 0.3) is 5.91 Å². The van der Waals surface area contributed by atoms with Crippen molar-refractivity contribution in [3.63, 3.8) is 0 Å². The summed E-state index contributed by atoms with van der Waals surface area (Å²) in [6.07, 6.45) is 0.174. The predicted octanol–water partition coefficient (Wildman–Crippen LogP) is 2.76. The smallest absolute Gasteiger partial charge is 0.265 e. The summed E-state index contributed by atoms with van der Waals surface area (Å²) in [6, 6.07) is 9.98. The number of hydrogen-bond acceptors (Lipinski definition) is 6. The molecule has 0 aromatic heterocycles. The lowest BCUT2D eigenvalue weighted by atomic mass is 9.97. The molecular weight excluding hydrogens is 446 g/mol. The quantitative estimate of drug-likeness (QED) is 0.690. The van der Waals surface area contributed by atoms with E-state index in [2.05, 4.69) is 10.6 Å². The predicted molar refractivity (Wildman–Crippen MR) is 123 cm³/mol.